The van der Waals surface area contributed by atoms with Crippen LogP contribution in [0.1, 0.15) is 36.9 Å². The lowest BCUT2D eigenvalue weighted by atomic mass is 10.1. The molecule has 1 N–H and O–H groups in total. The van der Waals surface area contributed by atoms with Crippen LogP contribution < -0.4 is 5.32 Å². The molecular formula is C14H21ClN4O2. The maximum atomic E-state index is 12.5. The summed E-state index contributed by atoms with van der Waals surface area (Å²) in [6.07, 6.45) is 2.91. The first-order valence-corrected chi connectivity index (χ1v) is 7.50. The molecule has 1 aliphatic heterocycles. The van der Waals surface area contributed by atoms with Crippen molar-refractivity contribution in [1.29, 1.82) is 0 Å². The predicted molar refractivity (Wildman–Crippen MR) is 79.8 cm³/mol. The van der Waals surface area contributed by atoms with Gasteiger partial charge in [0.15, 0.2) is 0 Å². The van der Waals surface area contributed by atoms with Crippen molar-refractivity contribution in [3.63, 3.8) is 0 Å². The highest BCUT2D eigenvalue weighted by Gasteiger charge is 2.26. The number of hydrogen-bond donors (Lipinski definition) is 1. The van der Waals surface area contributed by atoms with Crippen LogP contribution in [0.3, 0.4) is 0 Å². The molecule has 1 atom stereocenters. The Morgan fingerprint density at radius 2 is 2.24 bits per heavy atom. The number of likely N-dealkylation sites (N-methyl/N-ethyl adjacent to an activating group) is 1. The third-order valence-corrected chi connectivity index (χ3v) is 4.29. The lowest BCUT2D eigenvalue weighted by Gasteiger charge is -2.23. The summed E-state index contributed by atoms with van der Waals surface area (Å²) < 4.78 is 1.60. The molecule has 1 saturated heterocycles. The molecule has 0 unspecified atom stereocenters. The van der Waals surface area contributed by atoms with Crippen molar-refractivity contribution in [2.45, 2.75) is 45.2 Å². The van der Waals surface area contributed by atoms with E-state index in [0.29, 0.717) is 24.5 Å². The van der Waals surface area contributed by atoms with Gasteiger partial charge >= 0.3 is 0 Å². The maximum absolute atomic E-state index is 12.5. The van der Waals surface area contributed by atoms with E-state index in [1.54, 1.807) is 23.7 Å². The number of rotatable bonds is 3. The molecule has 0 spiro atoms. The number of amides is 2. The minimum atomic E-state index is -0.430. The second-order valence-electron chi connectivity index (χ2n) is 5.54. The van der Waals surface area contributed by atoms with Gasteiger partial charge in [-0.05, 0) is 19.8 Å². The number of nitrogens with one attached hydrogen (secondary N) is 1. The van der Waals surface area contributed by atoms with Gasteiger partial charge in [0.2, 0.25) is 11.8 Å². The number of aromatic nitrogens is 2. The van der Waals surface area contributed by atoms with Gasteiger partial charge < -0.3 is 10.2 Å². The minimum Gasteiger partial charge on any atom is -0.344 e. The molecule has 1 aromatic heterocycles. The van der Waals surface area contributed by atoms with E-state index < -0.39 is 6.04 Å². The molecule has 21 heavy (non-hydrogen) atoms. The quantitative estimate of drug-likeness (QED) is 0.917. The summed E-state index contributed by atoms with van der Waals surface area (Å²) in [5.41, 5.74) is 1.65. The molecule has 2 amide bonds. The number of aryl methyl sites for hydroxylation is 2. The lowest BCUT2D eigenvalue weighted by molar-refractivity contribution is -0.135. The van der Waals surface area contributed by atoms with Gasteiger partial charge in [0.25, 0.3) is 0 Å². The Bertz CT molecular complexity index is 555. The second kappa shape index (κ2) is 6.47. The SMILES string of the molecule is Cc1nn(C)c(Cl)c1CN(C)C(=O)[C@@H]1CCCCC(=O)N1. The lowest BCUT2D eigenvalue weighted by Crippen LogP contribution is -2.46. The van der Waals surface area contributed by atoms with Crippen molar-refractivity contribution in [3.05, 3.63) is 16.4 Å². The van der Waals surface area contributed by atoms with Crippen molar-refractivity contribution in [1.82, 2.24) is 20.0 Å². The molecule has 1 fully saturated rings. The summed E-state index contributed by atoms with van der Waals surface area (Å²) in [5, 5.41) is 7.57. The van der Waals surface area contributed by atoms with Crippen LogP contribution in [0.4, 0.5) is 0 Å². The molecular weight excluding hydrogens is 292 g/mol. The number of hydrogen-bond acceptors (Lipinski definition) is 3. The fourth-order valence-corrected chi connectivity index (χ4v) is 2.83. The summed E-state index contributed by atoms with van der Waals surface area (Å²) in [5.74, 6) is -0.126. The topological polar surface area (TPSA) is 67.2 Å². The van der Waals surface area contributed by atoms with E-state index in [-0.39, 0.29) is 11.8 Å². The molecule has 1 aliphatic rings. The highest BCUT2D eigenvalue weighted by atomic mass is 35.5. The van der Waals surface area contributed by atoms with E-state index in [0.717, 1.165) is 24.1 Å². The van der Waals surface area contributed by atoms with Gasteiger partial charge in [-0.15, -0.1) is 0 Å². The number of halogens is 1. The molecule has 0 aliphatic carbocycles. The molecule has 0 radical (unpaired) electrons. The van der Waals surface area contributed by atoms with E-state index in [2.05, 4.69) is 10.4 Å². The third-order valence-electron chi connectivity index (χ3n) is 3.82. The Morgan fingerprint density at radius 1 is 1.52 bits per heavy atom. The van der Waals surface area contributed by atoms with Gasteiger partial charge in [-0.2, -0.15) is 5.10 Å². The van der Waals surface area contributed by atoms with Crippen LogP contribution in [0.2, 0.25) is 5.15 Å². The summed E-state index contributed by atoms with van der Waals surface area (Å²) >= 11 is 6.19. The highest BCUT2D eigenvalue weighted by molar-refractivity contribution is 6.30. The van der Waals surface area contributed by atoms with E-state index >= 15 is 0 Å². The van der Waals surface area contributed by atoms with Crippen LogP contribution in [-0.2, 0) is 23.2 Å². The predicted octanol–water partition coefficient (Wildman–Crippen LogP) is 1.40. The summed E-state index contributed by atoms with van der Waals surface area (Å²) in [6, 6.07) is -0.430. The number of carbonyl (C=O) groups is 2. The zero-order valence-electron chi connectivity index (χ0n) is 12.6. The van der Waals surface area contributed by atoms with Crippen LogP contribution in [0.15, 0.2) is 0 Å². The van der Waals surface area contributed by atoms with Crippen LogP contribution in [0.25, 0.3) is 0 Å². The first kappa shape index (κ1) is 15.8. The largest absolute Gasteiger partial charge is 0.344 e. The Balaban J connectivity index is 2.06. The van der Waals surface area contributed by atoms with E-state index in [1.807, 2.05) is 6.92 Å². The summed E-state index contributed by atoms with van der Waals surface area (Å²) in [4.78, 5) is 25.6. The van der Waals surface area contributed by atoms with E-state index in [9.17, 15) is 9.59 Å². The van der Waals surface area contributed by atoms with Gasteiger partial charge in [0, 0.05) is 26.1 Å². The first-order valence-electron chi connectivity index (χ1n) is 7.12. The smallest absolute Gasteiger partial charge is 0.245 e. The highest BCUT2D eigenvalue weighted by Crippen LogP contribution is 2.21. The standard InChI is InChI=1S/C14H21ClN4O2/c1-9-10(13(15)19(3)17-9)8-18(2)14(21)11-6-4-5-7-12(20)16-11/h11H,4-8H2,1-3H3,(H,16,20)/t11-/m0/s1. The van der Waals surface area contributed by atoms with Gasteiger partial charge in [0.1, 0.15) is 11.2 Å². The van der Waals surface area contributed by atoms with Crippen molar-refractivity contribution in [2.75, 3.05) is 7.05 Å². The minimum absolute atomic E-state index is 0.0464. The fraction of sp³-hybridized carbons (Fsp3) is 0.643. The van der Waals surface area contributed by atoms with Gasteiger partial charge in [-0.25, -0.2) is 0 Å². The third kappa shape index (κ3) is 3.56. The van der Waals surface area contributed by atoms with E-state index in [1.165, 1.54) is 0 Å². The average Bonchev–Trinajstić information content (AvgIpc) is 2.62. The Morgan fingerprint density at radius 3 is 2.86 bits per heavy atom. The molecule has 0 aromatic carbocycles. The Hall–Kier alpha value is -1.56. The van der Waals surface area contributed by atoms with Crippen molar-refractivity contribution >= 4 is 23.4 Å². The van der Waals surface area contributed by atoms with E-state index in [4.69, 9.17) is 11.6 Å². The zero-order valence-corrected chi connectivity index (χ0v) is 13.4. The molecule has 116 valence electrons. The van der Waals surface area contributed by atoms with Crippen molar-refractivity contribution < 1.29 is 9.59 Å². The van der Waals surface area contributed by atoms with Crippen molar-refractivity contribution in [2.24, 2.45) is 7.05 Å². The maximum Gasteiger partial charge on any atom is 0.245 e. The number of nitrogens with zero attached hydrogens (tertiary/aromatic N) is 3. The Labute approximate surface area is 129 Å². The molecule has 0 bridgehead atoms. The van der Waals surface area contributed by atoms with Crippen LogP contribution in [0, 0.1) is 6.92 Å². The molecule has 2 heterocycles. The molecule has 1 aromatic rings. The van der Waals surface area contributed by atoms with Gasteiger partial charge in [0.05, 0.1) is 12.2 Å². The molecule has 0 saturated carbocycles. The number of carbonyl (C=O) groups excluding carboxylic acids is 2. The van der Waals surface area contributed by atoms with Crippen LogP contribution >= 0.6 is 11.6 Å². The van der Waals surface area contributed by atoms with Gasteiger partial charge in [-0.3, -0.25) is 14.3 Å². The molecule has 7 heteroatoms. The average molecular weight is 313 g/mol. The fourth-order valence-electron chi connectivity index (χ4n) is 2.59. The zero-order chi connectivity index (χ0) is 15.6. The normalized spacial score (nSPS) is 19.0. The second-order valence-corrected chi connectivity index (χ2v) is 5.90. The van der Waals surface area contributed by atoms with Crippen molar-refractivity contribution in [3.8, 4) is 0 Å². The molecule has 2 rings (SSSR count). The van der Waals surface area contributed by atoms with Crippen LogP contribution in [0.5, 0.6) is 0 Å². The monoisotopic (exact) mass is 312 g/mol. The van der Waals surface area contributed by atoms with Gasteiger partial charge in [-0.1, -0.05) is 18.0 Å². The summed E-state index contributed by atoms with van der Waals surface area (Å²) in [6.45, 7) is 2.26. The van der Waals surface area contributed by atoms with Crippen LogP contribution in [-0.4, -0.2) is 39.6 Å². The summed E-state index contributed by atoms with van der Waals surface area (Å²) in [7, 11) is 3.49. The first-order chi connectivity index (χ1) is 9.90. The Kier molecular flexibility index (Phi) is 4.88. The molecule has 6 nitrogen and oxygen atoms in total.